The van der Waals surface area contributed by atoms with Gasteiger partial charge in [-0.3, -0.25) is 5.84 Å². The fourth-order valence-corrected chi connectivity index (χ4v) is 1.28. The van der Waals surface area contributed by atoms with Crippen LogP contribution >= 0.6 is 11.3 Å². The number of nitrogens with one attached hydrogen (secondary N) is 1. The Morgan fingerprint density at radius 1 is 1.80 bits per heavy atom. The molecule has 0 aliphatic rings. The summed E-state index contributed by atoms with van der Waals surface area (Å²) >= 11 is 1.14. The highest BCUT2D eigenvalue weighted by Gasteiger charge is 2.09. The molecule has 4 N–H and O–H groups in total. The third-order valence-electron chi connectivity index (χ3n) is 1.01. The van der Waals surface area contributed by atoms with Crippen LogP contribution in [0, 0.1) is 0 Å². The second-order valence-electron chi connectivity index (χ2n) is 1.61. The minimum atomic E-state index is -0.956. The molecule has 5 heteroatoms. The van der Waals surface area contributed by atoms with Crippen molar-refractivity contribution in [3.05, 3.63) is 16.3 Å². The Kier molecular flexibility index (Phi) is 1.88. The summed E-state index contributed by atoms with van der Waals surface area (Å²) in [6, 6.07) is 1.62. The van der Waals surface area contributed by atoms with Crippen LogP contribution in [0.2, 0.25) is 0 Å². The SMILES string of the molecule is NNc1ccsc1C(=O)O. The molecule has 4 nitrogen and oxygen atoms in total. The highest BCUT2D eigenvalue weighted by atomic mass is 32.1. The minimum absolute atomic E-state index is 0.238. The average molecular weight is 158 g/mol. The van der Waals surface area contributed by atoms with Crippen LogP contribution in [0.1, 0.15) is 9.67 Å². The lowest BCUT2D eigenvalue weighted by Gasteiger charge is -1.94. The van der Waals surface area contributed by atoms with Crippen LogP contribution in [0.3, 0.4) is 0 Å². The molecular weight excluding hydrogens is 152 g/mol. The number of rotatable bonds is 2. The maximum atomic E-state index is 10.4. The summed E-state index contributed by atoms with van der Waals surface area (Å²) in [6.07, 6.45) is 0. The fraction of sp³-hybridized carbons (Fsp3) is 0. The molecule has 0 saturated heterocycles. The molecule has 1 rings (SSSR count). The van der Waals surface area contributed by atoms with E-state index in [9.17, 15) is 4.79 Å². The molecule has 0 saturated carbocycles. The van der Waals surface area contributed by atoms with Gasteiger partial charge in [-0.25, -0.2) is 4.79 Å². The zero-order valence-corrected chi connectivity index (χ0v) is 5.81. The van der Waals surface area contributed by atoms with Crippen LogP contribution in [-0.2, 0) is 0 Å². The molecule has 1 aromatic rings. The van der Waals surface area contributed by atoms with Gasteiger partial charge in [-0.1, -0.05) is 0 Å². The molecule has 54 valence electrons. The van der Waals surface area contributed by atoms with E-state index in [0.29, 0.717) is 5.69 Å². The van der Waals surface area contributed by atoms with E-state index in [-0.39, 0.29) is 4.88 Å². The summed E-state index contributed by atoms with van der Waals surface area (Å²) in [4.78, 5) is 10.6. The molecule has 0 unspecified atom stereocenters. The molecule has 0 amide bonds. The van der Waals surface area contributed by atoms with Gasteiger partial charge in [0.15, 0.2) is 0 Å². The van der Waals surface area contributed by atoms with Gasteiger partial charge in [-0.2, -0.15) is 0 Å². The number of carbonyl (C=O) groups is 1. The van der Waals surface area contributed by atoms with Gasteiger partial charge in [0.1, 0.15) is 4.88 Å². The van der Waals surface area contributed by atoms with Crippen molar-refractivity contribution in [3.63, 3.8) is 0 Å². The predicted molar refractivity (Wildman–Crippen MR) is 39.1 cm³/mol. The molecular formula is C5H6N2O2S. The number of thiophene rings is 1. The molecule has 0 bridgehead atoms. The minimum Gasteiger partial charge on any atom is -0.477 e. The zero-order valence-electron chi connectivity index (χ0n) is 5.00. The predicted octanol–water partition coefficient (Wildman–Crippen LogP) is 0.732. The van der Waals surface area contributed by atoms with Gasteiger partial charge in [0.05, 0.1) is 5.69 Å². The molecule has 0 radical (unpaired) electrons. The Morgan fingerprint density at radius 2 is 2.50 bits per heavy atom. The molecule has 0 spiro atoms. The molecule has 1 aromatic heterocycles. The van der Waals surface area contributed by atoms with E-state index in [1.807, 2.05) is 0 Å². The number of aromatic carboxylic acids is 1. The van der Waals surface area contributed by atoms with Gasteiger partial charge < -0.3 is 10.5 Å². The van der Waals surface area contributed by atoms with Crippen LogP contribution in [-0.4, -0.2) is 11.1 Å². The van der Waals surface area contributed by atoms with E-state index in [0.717, 1.165) is 11.3 Å². The highest BCUT2D eigenvalue weighted by molar-refractivity contribution is 7.12. The van der Waals surface area contributed by atoms with Gasteiger partial charge in [0, 0.05) is 0 Å². The van der Waals surface area contributed by atoms with Crippen LogP contribution < -0.4 is 11.3 Å². The van der Waals surface area contributed by atoms with Crippen LogP contribution in [0.15, 0.2) is 11.4 Å². The number of carboxylic acid groups (broad SMARTS) is 1. The van der Waals surface area contributed by atoms with E-state index < -0.39 is 5.97 Å². The van der Waals surface area contributed by atoms with Gasteiger partial charge in [0.2, 0.25) is 0 Å². The van der Waals surface area contributed by atoms with Crippen molar-refractivity contribution in [2.24, 2.45) is 5.84 Å². The molecule has 0 aliphatic carbocycles. The third kappa shape index (κ3) is 1.09. The first kappa shape index (κ1) is 7.04. The van der Waals surface area contributed by atoms with E-state index in [1.54, 1.807) is 11.4 Å². The summed E-state index contributed by atoms with van der Waals surface area (Å²) in [5.74, 6) is 4.07. The number of carboxylic acids is 1. The van der Waals surface area contributed by atoms with E-state index in [1.165, 1.54) is 0 Å². The molecule has 10 heavy (non-hydrogen) atoms. The maximum Gasteiger partial charge on any atom is 0.348 e. The number of hydrazine groups is 1. The van der Waals surface area contributed by atoms with E-state index in [2.05, 4.69) is 5.43 Å². The first-order valence-electron chi connectivity index (χ1n) is 2.53. The first-order valence-corrected chi connectivity index (χ1v) is 3.41. The molecule has 0 aromatic carbocycles. The summed E-state index contributed by atoms with van der Waals surface area (Å²) in [5, 5.41) is 10.2. The number of hydrogen-bond donors (Lipinski definition) is 3. The van der Waals surface area contributed by atoms with E-state index in [4.69, 9.17) is 10.9 Å². The smallest absolute Gasteiger partial charge is 0.348 e. The number of nitrogen functional groups attached to an aromatic ring is 1. The Hall–Kier alpha value is -1.07. The topological polar surface area (TPSA) is 75.3 Å². The van der Waals surface area contributed by atoms with Crippen LogP contribution in [0.25, 0.3) is 0 Å². The third-order valence-corrected chi connectivity index (χ3v) is 1.92. The quantitative estimate of drug-likeness (QED) is 0.438. The first-order chi connectivity index (χ1) is 4.75. The van der Waals surface area contributed by atoms with Crippen molar-refractivity contribution in [3.8, 4) is 0 Å². The van der Waals surface area contributed by atoms with Crippen molar-refractivity contribution in [1.29, 1.82) is 0 Å². The monoisotopic (exact) mass is 158 g/mol. The van der Waals surface area contributed by atoms with Gasteiger partial charge in [0.25, 0.3) is 0 Å². The summed E-state index contributed by atoms with van der Waals surface area (Å²) in [7, 11) is 0. The number of hydrogen-bond acceptors (Lipinski definition) is 4. The normalized spacial score (nSPS) is 9.30. The molecule has 0 fully saturated rings. The lowest BCUT2D eigenvalue weighted by Crippen LogP contribution is -2.09. The molecule has 0 aliphatic heterocycles. The van der Waals surface area contributed by atoms with Crippen molar-refractivity contribution in [2.45, 2.75) is 0 Å². The van der Waals surface area contributed by atoms with Crippen molar-refractivity contribution < 1.29 is 9.90 Å². The number of nitrogens with two attached hydrogens (primary N) is 1. The lowest BCUT2D eigenvalue weighted by molar-refractivity contribution is 0.0703. The highest BCUT2D eigenvalue weighted by Crippen LogP contribution is 2.20. The second kappa shape index (κ2) is 2.68. The summed E-state index contributed by atoms with van der Waals surface area (Å²) in [6.45, 7) is 0. The lowest BCUT2D eigenvalue weighted by atomic mass is 10.4. The summed E-state index contributed by atoms with van der Waals surface area (Å²) < 4.78 is 0. The Balaban J connectivity index is 3.01. The van der Waals surface area contributed by atoms with E-state index >= 15 is 0 Å². The Bertz CT molecular complexity index is 246. The largest absolute Gasteiger partial charge is 0.477 e. The Morgan fingerprint density at radius 3 is 2.90 bits per heavy atom. The number of anilines is 1. The van der Waals surface area contributed by atoms with Crippen molar-refractivity contribution >= 4 is 23.0 Å². The summed E-state index contributed by atoms with van der Waals surface area (Å²) in [5.41, 5.74) is 2.74. The molecule has 0 atom stereocenters. The van der Waals surface area contributed by atoms with Crippen LogP contribution in [0.4, 0.5) is 5.69 Å². The standard InChI is InChI=1S/C5H6N2O2S/c6-7-3-1-2-10-4(3)5(8)9/h1-2,7H,6H2,(H,8,9). The Labute approximate surface area is 61.3 Å². The fourth-order valence-electron chi connectivity index (χ4n) is 0.589. The van der Waals surface area contributed by atoms with Gasteiger partial charge in [-0.05, 0) is 11.4 Å². The maximum absolute atomic E-state index is 10.4. The second-order valence-corrected chi connectivity index (χ2v) is 2.53. The van der Waals surface area contributed by atoms with Crippen molar-refractivity contribution in [2.75, 3.05) is 5.43 Å². The molecule has 1 heterocycles. The van der Waals surface area contributed by atoms with Gasteiger partial charge >= 0.3 is 5.97 Å². The van der Waals surface area contributed by atoms with Crippen LogP contribution in [0.5, 0.6) is 0 Å². The van der Waals surface area contributed by atoms with Gasteiger partial charge in [-0.15, -0.1) is 11.3 Å². The average Bonchev–Trinajstić information content (AvgIpc) is 2.33. The van der Waals surface area contributed by atoms with Crippen molar-refractivity contribution in [1.82, 2.24) is 0 Å². The zero-order chi connectivity index (χ0) is 7.56.